The number of hydrogen-bond donors (Lipinski definition) is 2. The number of nitrogens with one attached hydrogen (secondary N) is 1. The lowest BCUT2D eigenvalue weighted by atomic mass is 10.0. The summed E-state index contributed by atoms with van der Waals surface area (Å²) in [5.74, 6) is -1.52. The number of rotatable bonds is 6. The number of aromatic nitrogens is 1. The summed E-state index contributed by atoms with van der Waals surface area (Å²) in [7, 11) is 0. The van der Waals surface area contributed by atoms with Gasteiger partial charge in [0.25, 0.3) is 0 Å². The standard InChI is InChI=1S/C17H20N2O3S/c1-10(2)15(17(21)22)19-14(20)8-13-9-23-16(18-13)12-6-4-11(3)5-7-12/h4-7,9-10,15H,8H2,1-3H3,(H,19,20)(H,21,22)/t15-/m1/s1. The lowest BCUT2D eigenvalue weighted by Gasteiger charge is -2.17. The molecule has 6 heteroatoms. The predicted molar refractivity (Wildman–Crippen MR) is 90.4 cm³/mol. The van der Waals surface area contributed by atoms with Crippen molar-refractivity contribution in [3.8, 4) is 10.6 Å². The summed E-state index contributed by atoms with van der Waals surface area (Å²) in [4.78, 5) is 27.6. The fraction of sp³-hybridized carbons (Fsp3) is 0.353. The summed E-state index contributed by atoms with van der Waals surface area (Å²) in [5, 5.41) is 14.3. The number of benzene rings is 1. The Morgan fingerprint density at radius 2 is 1.91 bits per heavy atom. The topological polar surface area (TPSA) is 79.3 Å². The van der Waals surface area contributed by atoms with Gasteiger partial charge in [-0.2, -0.15) is 0 Å². The van der Waals surface area contributed by atoms with Crippen LogP contribution in [-0.2, 0) is 16.0 Å². The lowest BCUT2D eigenvalue weighted by molar-refractivity contribution is -0.143. The van der Waals surface area contributed by atoms with Gasteiger partial charge in [0, 0.05) is 10.9 Å². The van der Waals surface area contributed by atoms with E-state index < -0.39 is 12.0 Å². The molecule has 0 fully saturated rings. The number of carboxylic acids is 1. The molecule has 0 bridgehead atoms. The van der Waals surface area contributed by atoms with Gasteiger partial charge in [-0.05, 0) is 12.8 Å². The van der Waals surface area contributed by atoms with Gasteiger partial charge in [0.15, 0.2) is 0 Å². The third-order valence-corrected chi connectivity index (χ3v) is 4.38. The molecule has 122 valence electrons. The molecule has 23 heavy (non-hydrogen) atoms. The monoisotopic (exact) mass is 332 g/mol. The van der Waals surface area contributed by atoms with Crippen molar-refractivity contribution in [3.05, 3.63) is 40.9 Å². The van der Waals surface area contributed by atoms with Crippen molar-refractivity contribution in [1.29, 1.82) is 0 Å². The van der Waals surface area contributed by atoms with Crippen LogP contribution in [0.3, 0.4) is 0 Å². The zero-order valence-electron chi connectivity index (χ0n) is 13.4. The molecule has 0 aliphatic carbocycles. The molecule has 2 N–H and O–H groups in total. The third-order valence-electron chi connectivity index (χ3n) is 3.44. The van der Waals surface area contributed by atoms with E-state index in [2.05, 4.69) is 10.3 Å². The molecule has 0 aliphatic rings. The minimum absolute atomic E-state index is 0.0822. The van der Waals surface area contributed by atoms with Crippen molar-refractivity contribution in [3.63, 3.8) is 0 Å². The predicted octanol–water partition coefficient (Wildman–Crippen LogP) is 2.89. The Kier molecular flexibility index (Phi) is 5.50. The third kappa shape index (κ3) is 4.63. The molecule has 0 saturated carbocycles. The molecule has 2 rings (SSSR count). The molecule has 1 heterocycles. The van der Waals surface area contributed by atoms with Crippen LogP contribution < -0.4 is 5.32 Å². The first-order valence-corrected chi connectivity index (χ1v) is 8.28. The summed E-state index contributed by atoms with van der Waals surface area (Å²) in [5.41, 5.74) is 2.84. The van der Waals surface area contributed by atoms with Crippen LogP contribution in [0.4, 0.5) is 0 Å². The van der Waals surface area contributed by atoms with E-state index in [1.54, 1.807) is 13.8 Å². The minimum atomic E-state index is -1.02. The summed E-state index contributed by atoms with van der Waals surface area (Å²) in [6.07, 6.45) is 0.0822. The van der Waals surface area contributed by atoms with Gasteiger partial charge in [-0.1, -0.05) is 43.7 Å². The first-order chi connectivity index (χ1) is 10.9. The van der Waals surface area contributed by atoms with Crippen LogP contribution >= 0.6 is 11.3 Å². The Bertz CT molecular complexity index is 692. The second-order valence-electron chi connectivity index (χ2n) is 5.81. The Labute approximate surface area is 139 Å². The number of aryl methyl sites for hydroxylation is 1. The van der Waals surface area contributed by atoms with E-state index in [4.69, 9.17) is 5.11 Å². The van der Waals surface area contributed by atoms with E-state index in [0.29, 0.717) is 5.69 Å². The highest BCUT2D eigenvalue weighted by Crippen LogP contribution is 2.24. The molecule has 0 spiro atoms. The van der Waals surface area contributed by atoms with Crippen molar-refractivity contribution in [2.24, 2.45) is 5.92 Å². The molecule has 1 aromatic heterocycles. The maximum atomic E-state index is 12.0. The molecule has 2 aromatic rings. The van der Waals surface area contributed by atoms with E-state index in [0.717, 1.165) is 10.6 Å². The molecule has 0 unspecified atom stereocenters. The SMILES string of the molecule is Cc1ccc(-c2nc(CC(=O)N[C@@H](C(=O)O)C(C)C)cs2)cc1. The fourth-order valence-corrected chi connectivity index (χ4v) is 2.95. The number of carbonyl (C=O) groups is 2. The average molecular weight is 332 g/mol. The molecule has 1 amide bonds. The first-order valence-electron chi connectivity index (χ1n) is 7.40. The normalized spacial score (nSPS) is 12.2. The second-order valence-corrected chi connectivity index (χ2v) is 6.67. The minimum Gasteiger partial charge on any atom is -0.480 e. The Morgan fingerprint density at radius 1 is 1.26 bits per heavy atom. The number of amides is 1. The van der Waals surface area contributed by atoms with E-state index in [-0.39, 0.29) is 18.2 Å². The highest BCUT2D eigenvalue weighted by atomic mass is 32.1. The number of thiazole rings is 1. The van der Waals surface area contributed by atoms with Crippen LogP contribution in [-0.4, -0.2) is 28.0 Å². The molecule has 0 aliphatic heterocycles. The zero-order valence-corrected chi connectivity index (χ0v) is 14.2. The molecule has 0 radical (unpaired) electrons. The molecule has 1 aromatic carbocycles. The van der Waals surface area contributed by atoms with Gasteiger partial charge < -0.3 is 10.4 Å². The number of aliphatic carboxylic acids is 1. The maximum Gasteiger partial charge on any atom is 0.326 e. The molecule has 5 nitrogen and oxygen atoms in total. The van der Waals surface area contributed by atoms with Crippen LogP contribution in [0.2, 0.25) is 0 Å². The van der Waals surface area contributed by atoms with Gasteiger partial charge in [-0.15, -0.1) is 11.3 Å². The van der Waals surface area contributed by atoms with Gasteiger partial charge >= 0.3 is 5.97 Å². The van der Waals surface area contributed by atoms with E-state index in [1.807, 2.05) is 36.6 Å². The van der Waals surface area contributed by atoms with E-state index in [9.17, 15) is 9.59 Å². The van der Waals surface area contributed by atoms with Crippen LogP contribution in [0.25, 0.3) is 10.6 Å². The first kappa shape index (κ1) is 17.1. The van der Waals surface area contributed by atoms with Crippen molar-refractivity contribution in [2.75, 3.05) is 0 Å². The Balaban J connectivity index is 2.02. The number of carboxylic acid groups (broad SMARTS) is 1. The van der Waals surface area contributed by atoms with Crippen molar-refractivity contribution >= 4 is 23.2 Å². The van der Waals surface area contributed by atoms with Gasteiger partial charge in [0.1, 0.15) is 11.0 Å². The Morgan fingerprint density at radius 3 is 2.48 bits per heavy atom. The highest BCUT2D eigenvalue weighted by Gasteiger charge is 2.23. The van der Waals surface area contributed by atoms with Crippen molar-refractivity contribution in [1.82, 2.24) is 10.3 Å². The zero-order chi connectivity index (χ0) is 17.0. The van der Waals surface area contributed by atoms with Crippen molar-refractivity contribution in [2.45, 2.75) is 33.2 Å². The fourth-order valence-electron chi connectivity index (χ4n) is 2.12. The summed E-state index contributed by atoms with van der Waals surface area (Å²) >= 11 is 1.47. The summed E-state index contributed by atoms with van der Waals surface area (Å²) in [6.45, 7) is 5.55. The number of carbonyl (C=O) groups excluding carboxylic acids is 1. The van der Waals surface area contributed by atoms with Gasteiger partial charge in [-0.3, -0.25) is 4.79 Å². The van der Waals surface area contributed by atoms with Gasteiger partial charge in [-0.25, -0.2) is 9.78 Å². The van der Waals surface area contributed by atoms with E-state index >= 15 is 0 Å². The molecule has 0 saturated heterocycles. The smallest absolute Gasteiger partial charge is 0.326 e. The average Bonchev–Trinajstić information content (AvgIpc) is 2.93. The van der Waals surface area contributed by atoms with Crippen molar-refractivity contribution < 1.29 is 14.7 Å². The highest BCUT2D eigenvalue weighted by molar-refractivity contribution is 7.13. The lowest BCUT2D eigenvalue weighted by Crippen LogP contribution is -2.44. The van der Waals surface area contributed by atoms with Crippen LogP contribution in [0.5, 0.6) is 0 Å². The molecule has 1 atom stereocenters. The number of nitrogens with zero attached hydrogens (tertiary/aromatic N) is 1. The quantitative estimate of drug-likeness (QED) is 0.852. The largest absolute Gasteiger partial charge is 0.480 e. The number of hydrogen-bond acceptors (Lipinski definition) is 4. The van der Waals surface area contributed by atoms with Gasteiger partial charge in [0.2, 0.25) is 5.91 Å². The molecular formula is C17H20N2O3S. The van der Waals surface area contributed by atoms with Crippen LogP contribution in [0.15, 0.2) is 29.6 Å². The van der Waals surface area contributed by atoms with E-state index in [1.165, 1.54) is 16.9 Å². The molecular weight excluding hydrogens is 312 g/mol. The van der Waals surface area contributed by atoms with Crippen LogP contribution in [0.1, 0.15) is 25.1 Å². The van der Waals surface area contributed by atoms with Gasteiger partial charge in [0.05, 0.1) is 12.1 Å². The second kappa shape index (κ2) is 7.37. The Hall–Kier alpha value is -2.21. The van der Waals surface area contributed by atoms with Crippen LogP contribution in [0, 0.1) is 12.8 Å². The maximum absolute atomic E-state index is 12.0. The summed E-state index contributed by atoms with van der Waals surface area (Å²) < 4.78 is 0. The summed E-state index contributed by atoms with van der Waals surface area (Å²) in [6, 6.07) is 7.15.